The summed E-state index contributed by atoms with van der Waals surface area (Å²) in [5.74, 6) is 1.73. The highest BCUT2D eigenvalue weighted by Crippen LogP contribution is 2.23. The number of nitrogens with two attached hydrogens (primary N) is 1. The van der Waals surface area contributed by atoms with E-state index >= 15 is 0 Å². The molecule has 0 bridgehead atoms. The molecule has 0 aromatic carbocycles. The zero-order valence-electron chi connectivity index (χ0n) is 9.29. The van der Waals surface area contributed by atoms with Crippen molar-refractivity contribution < 1.29 is 0 Å². The first-order chi connectivity index (χ1) is 6.13. The Bertz CT molecular complexity index is 137. The van der Waals surface area contributed by atoms with Crippen molar-refractivity contribution in [2.24, 2.45) is 17.6 Å². The van der Waals surface area contributed by atoms with Crippen LogP contribution in [-0.2, 0) is 0 Å². The Hall–Kier alpha value is -0.0800. The fraction of sp³-hybridized carbons (Fsp3) is 1.00. The van der Waals surface area contributed by atoms with Gasteiger partial charge in [0.15, 0.2) is 0 Å². The van der Waals surface area contributed by atoms with Gasteiger partial charge in [-0.2, -0.15) is 0 Å². The van der Waals surface area contributed by atoms with Gasteiger partial charge in [0.2, 0.25) is 0 Å². The summed E-state index contributed by atoms with van der Waals surface area (Å²) in [4.78, 5) is 2.60. The molecule has 2 heteroatoms. The molecule has 1 fully saturated rings. The summed E-state index contributed by atoms with van der Waals surface area (Å²) in [6.45, 7) is 10.4. The maximum atomic E-state index is 5.58. The third-order valence-corrected chi connectivity index (χ3v) is 3.10. The van der Waals surface area contributed by atoms with Gasteiger partial charge in [0.05, 0.1) is 0 Å². The van der Waals surface area contributed by atoms with Gasteiger partial charge in [0, 0.05) is 19.1 Å². The van der Waals surface area contributed by atoms with Gasteiger partial charge in [-0.1, -0.05) is 13.8 Å². The lowest BCUT2D eigenvalue weighted by molar-refractivity contribution is 0.0999. The zero-order valence-corrected chi connectivity index (χ0v) is 9.29. The monoisotopic (exact) mass is 184 g/mol. The SMILES string of the molecule is CC1CC(C)CN(C(C)CCN)C1. The third kappa shape index (κ3) is 3.28. The van der Waals surface area contributed by atoms with E-state index in [4.69, 9.17) is 5.73 Å². The van der Waals surface area contributed by atoms with Gasteiger partial charge in [0.25, 0.3) is 0 Å². The first kappa shape index (κ1) is 11.0. The molecule has 3 unspecified atom stereocenters. The predicted octanol–water partition coefficient (Wildman–Crippen LogP) is 1.70. The van der Waals surface area contributed by atoms with Crippen LogP contribution in [-0.4, -0.2) is 30.6 Å². The molecular weight excluding hydrogens is 160 g/mol. The Balaban J connectivity index is 2.40. The molecule has 1 aliphatic rings. The summed E-state index contributed by atoms with van der Waals surface area (Å²) in [6, 6.07) is 0.676. The van der Waals surface area contributed by atoms with Crippen LogP contribution in [0.25, 0.3) is 0 Å². The van der Waals surface area contributed by atoms with E-state index < -0.39 is 0 Å². The molecule has 0 amide bonds. The van der Waals surface area contributed by atoms with Crippen LogP contribution in [0.4, 0.5) is 0 Å². The van der Waals surface area contributed by atoms with Crippen LogP contribution in [0.2, 0.25) is 0 Å². The van der Waals surface area contributed by atoms with Crippen LogP contribution in [0.3, 0.4) is 0 Å². The number of hydrogen-bond acceptors (Lipinski definition) is 2. The summed E-state index contributed by atoms with van der Waals surface area (Å²) in [5, 5.41) is 0. The second kappa shape index (κ2) is 4.97. The minimum Gasteiger partial charge on any atom is -0.330 e. The average molecular weight is 184 g/mol. The number of hydrogen-bond donors (Lipinski definition) is 1. The van der Waals surface area contributed by atoms with Crippen LogP contribution in [0, 0.1) is 11.8 Å². The Morgan fingerprint density at radius 2 is 1.85 bits per heavy atom. The second-order valence-electron chi connectivity index (χ2n) is 4.83. The van der Waals surface area contributed by atoms with E-state index in [1.165, 1.54) is 19.5 Å². The van der Waals surface area contributed by atoms with Crippen molar-refractivity contribution in [2.45, 2.75) is 39.7 Å². The van der Waals surface area contributed by atoms with E-state index in [1.807, 2.05) is 0 Å². The molecule has 0 aromatic heterocycles. The maximum absolute atomic E-state index is 5.58. The minimum atomic E-state index is 0.676. The lowest BCUT2D eigenvalue weighted by Gasteiger charge is -2.38. The van der Waals surface area contributed by atoms with Crippen molar-refractivity contribution in [3.8, 4) is 0 Å². The van der Waals surface area contributed by atoms with Gasteiger partial charge in [-0.05, 0) is 38.1 Å². The van der Waals surface area contributed by atoms with Crippen molar-refractivity contribution in [1.82, 2.24) is 4.90 Å². The van der Waals surface area contributed by atoms with Gasteiger partial charge in [0.1, 0.15) is 0 Å². The highest BCUT2D eigenvalue weighted by atomic mass is 15.2. The lowest BCUT2D eigenvalue weighted by Crippen LogP contribution is -2.44. The second-order valence-corrected chi connectivity index (χ2v) is 4.83. The van der Waals surface area contributed by atoms with Crippen molar-refractivity contribution in [2.75, 3.05) is 19.6 Å². The third-order valence-electron chi connectivity index (χ3n) is 3.10. The number of rotatable bonds is 3. The van der Waals surface area contributed by atoms with Crippen LogP contribution in [0.15, 0.2) is 0 Å². The predicted molar refractivity (Wildman–Crippen MR) is 57.7 cm³/mol. The summed E-state index contributed by atoms with van der Waals surface area (Å²) in [5.41, 5.74) is 5.58. The van der Waals surface area contributed by atoms with Crippen LogP contribution >= 0.6 is 0 Å². The molecule has 0 radical (unpaired) electrons. The molecule has 1 rings (SSSR count). The first-order valence-corrected chi connectivity index (χ1v) is 5.57. The van der Waals surface area contributed by atoms with E-state index in [9.17, 15) is 0 Å². The topological polar surface area (TPSA) is 29.3 Å². The number of likely N-dealkylation sites (tertiary alicyclic amines) is 1. The van der Waals surface area contributed by atoms with E-state index in [1.54, 1.807) is 0 Å². The number of nitrogens with zero attached hydrogens (tertiary/aromatic N) is 1. The van der Waals surface area contributed by atoms with Gasteiger partial charge in [-0.25, -0.2) is 0 Å². The van der Waals surface area contributed by atoms with Crippen molar-refractivity contribution in [1.29, 1.82) is 0 Å². The molecule has 0 saturated carbocycles. The van der Waals surface area contributed by atoms with Gasteiger partial charge < -0.3 is 10.6 Å². The standard InChI is InChI=1S/C11H24N2/c1-9-6-10(2)8-13(7-9)11(3)4-5-12/h9-11H,4-8,12H2,1-3H3. The van der Waals surface area contributed by atoms with Gasteiger partial charge in [-0.3, -0.25) is 0 Å². The quantitative estimate of drug-likeness (QED) is 0.723. The molecule has 1 saturated heterocycles. The smallest absolute Gasteiger partial charge is 0.00791 e. The highest BCUT2D eigenvalue weighted by Gasteiger charge is 2.24. The van der Waals surface area contributed by atoms with E-state index in [-0.39, 0.29) is 0 Å². The highest BCUT2D eigenvalue weighted by molar-refractivity contribution is 4.78. The molecule has 0 aliphatic carbocycles. The summed E-state index contributed by atoms with van der Waals surface area (Å²) in [7, 11) is 0. The molecule has 2 nitrogen and oxygen atoms in total. The van der Waals surface area contributed by atoms with Crippen molar-refractivity contribution in [3.05, 3.63) is 0 Å². The summed E-state index contributed by atoms with van der Waals surface area (Å²) in [6.07, 6.45) is 2.53. The Kier molecular flexibility index (Phi) is 4.20. The Morgan fingerprint density at radius 3 is 2.31 bits per heavy atom. The molecular formula is C11H24N2. The first-order valence-electron chi connectivity index (χ1n) is 5.57. The van der Waals surface area contributed by atoms with E-state index in [0.717, 1.165) is 24.8 Å². The Labute approximate surface area is 82.5 Å². The molecule has 1 aliphatic heterocycles. The molecule has 0 aromatic rings. The normalized spacial score (nSPS) is 33.2. The maximum Gasteiger partial charge on any atom is 0.00791 e. The molecule has 3 atom stereocenters. The van der Waals surface area contributed by atoms with Gasteiger partial charge >= 0.3 is 0 Å². The van der Waals surface area contributed by atoms with Crippen LogP contribution in [0.5, 0.6) is 0 Å². The van der Waals surface area contributed by atoms with E-state index in [0.29, 0.717) is 6.04 Å². The molecule has 13 heavy (non-hydrogen) atoms. The summed E-state index contributed by atoms with van der Waals surface area (Å²) < 4.78 is 0. The minimum absolute atomic E-state index is 0.676. The number of piperidine rings is 1. The van der Waals surface area contributed by atoms with Crippen molar-refractivity contribution in [3.63, 3.8) is 0 Å². The van der Waals surface area contributed by atoms with E-state index in [2.05, 4.69) is 25.7 Å². The molecule has 1 heterocycles. The fourth-order valence-electron chi connectivity index (χ4n) is 2.49. The largest absolute Gasteiger partial charge is 0.330 e. The lowest BCUT2D eigenvalue weighted by atomic mass is 9.90. The Morgan fingerprint density at radius 1 is 1.31 bits per heavy atom. The van der Waals surface area contributed by atoms with Crippen LogP contribution < -0.4 is 5.73 Å². The van der Waals surface area contributed by atoms with Crippen molar-refractivity contribution >= 4 is 0 Å². The average Bonchev–Trinajstić information content (AvgIpc) is 2.03. The molecule has 0 spiro atoms. The van der Waals surface area contributed by atoms with Gasteiger partial charge in [-0.15, -0.1) is 0 Å². The summed E-state index contributed by atoms with van der Waals surface area (Å²) >= 11 is 0. The fourth-order valence-corrected chi connectivity index (χ4v) is 2.49. The zero-order chi connectivity index (χ0) is 9.84. The van der Waals surface area contributed by atoms with Crippen LogP contribution in [0.1, 0.15) is 33.6 Å². The molecule has 2 N–H and O–H groups in total. The molecule has 78 valence electrons.